The average Bonchev–Trinajstić information content (AvgIpc) is 3.20. The summed E-state index contributed by atoms with van der Waals surface area (Å²) in [5.74, 6) is -0.136. The number of carbonyl (C=O) groups is 1. The van der Waals surface area contributed by atoms with Gasteiger partial charge in [-0.25, -0.2) is 0 Å². The molecule has 0 atom stereocenters. The highest BCUT2D eigenvalue weighted by molar-refractivity contribution is 7.12. The molecule has 3 rings (SSSR count). The lowest BCUT2D eigenvalue weighted by atomic mass is 10.1. The van der Waals surface area contributed by atoms with Crippen molar-refractivity contribution in [2.24, 2.45) is 12.8 Å². The first-order valence-electron chi connectivity index (χ1n) is 7.92. The number of aryl methyl sites for hydroxylation is 1. The number of hydrogen-bond donors (Lipinski definition) is 2. The topological polar surface area (TPSA) is 72.9 Å². The quantitative estimate of drug-likeness (QED) is 0.740. The predicted molar refractivity (Wildman–Crippen MR) is 101 cm³/mol. The van der Waals surface area contributed by atoms with Crippen LogP contribution in [0.3, 0.4) is 0 Å². The fourth-order valence-corrected chi connectivity index (χ4v) is 3.67. The minimum Gasteiger partial charge on any atom is -0.403 e. The Balaban J connectivity index is 1.77. The van der Waals surface area contributed by atoms with E-state index < -0.39 is 0 Å². The Labute approximate surface area is 150 Å². The maximum Gasteiger partial charge on any atom is 0.265 e. The second-order valence-corrected chi connectivity index (χ2v) is 6.63. The van der Waals surface area contributed by atoms with Crippen molar-refractivity contribution in [3.63, 3.8) is 0 Å². The van der Waals surface area contributed by atoms with Crippen LogP contribution >= 0.6 is 11.3 Å². The Morgan fingerprint density at radius 1 is 1.32 bits per heavy atom. The van der Waals surface area contributed by atoms with E-state index in [1.165, 1.54) is 17.5 Å². The number of benzene rings is 1. The summed E-state index contributed by atoms with van der Waals surface area (Å²) in [5.41, 5.74) is 10.4. The number of amides is 1. The molecule has 6 heteroatoms. The fraction of sp³-hybridized carbons (Fsp3) is 0.158. The van der Waals surface area contributed by atoms with Gasteiger partial charge in [-0.3, -0.25) is 9.48 Å². The molecule has 0 aliphatic rings. The SMILES string of the molecule is Cc1c(-c2ccnn2C)csc1C(=O)N/C(=C\N)Cc1ccccc1. The zero-order valence-electron chi connectivity index (χ0n) is 14.2. The molecule has 0 aliphatic heterocycles. The third-order valence-electron chi connectivity index (χ3n) is 4.05. The van der Waals surface area contributed by atoms with Crippen molar-refractivity contribution in [3.05, 3.63) is 75.9 Å². The summed E-state index contributed by atoms with van der Waals surface area (Å²) in [4.78, 5) is 13.4. The van der Waals surface area contributed by atoms with Gasteiger partial charge < -0.3 is 11.1 Å². The van der Waals surface area contributed by atoms with Crippen LogP contribution in [0, 0.1) is 6.92 Å². The van der Waals surface area contributed by atoms with Crippen molar-refractivity contribution in [3.8, 4) is 11.3 Å². The number of nitrogens with one attached hydrogen (secondary N) is 1. The van der Waals surface area contributed by atoms with Gasteiger partial charge in [0.25, 0.3) is 5.91 Å². The van der Waals surface area contributed by atoms with E-state index in [-0.39, 0.29) is 5.91 Å². The van der Waals surface area contributed by atoms with Crippen LogP contribution in [-0.2, 0) is 13.5 Å². The first-order valence-corrected chi connectivity index (χ1v) is 8.80. The number of hydrogen-bond acceptors (Lipinski definition) is 4. The smallest absolute Gasteiger partial charge is 0.265 e. The lowest BCUT2D eigenvalue weighted by Gasteiger charge is -2.09. The summed E-state index contributed by atoms with van der Waals surface area (Å²) in [7, 11) is 1.89. The normalized spacial score (nSPS) is 11.5. The summed E-state index contributed by atoms with van der Waals surface area (Å²) in [6, 6.07) is 11.9. The largest absolute Gasteiger partial charge is 0.403 e. The maximum absolute atomic E-state index is 12.7. The number of allylic oxidation sites excluding steroid dienone is 1. The van der Waals surface area contributed by atoms with Gasteiger partial charge in [0.15, 0.2) is 0 Å². The molecule has 128 valence electrons. The Bertz CT molecular complexity index is 909. The summed E-state index contributed by atoms with van der Waals surface area (Å²) in [5, 5.41) is 9.11. The molecule has 0 saturated heterocycles. The highest BCUT2D eigenvalue weighted by Gasteiger charge is 2.18. The fourth-order valence-electron chi connectivity index (χ4n) is 2.69. The molecule has 1 aromatic carbocycles. The van der Waals surface area contributed by atoms with E-state index in [9.17, 15) is 4.79 Å². The molecule has 2 heterocycles. The standard InChI is InChI=1S/C19H20N4OS/c1-13-16(17-8-9-21-23(17)2)12-25-18(13)19(24)22-15(11-20)10-14-6-4-3-5-7-14/h3-9,11-12H,10,20H2,1-2H3,(H,22,24)/b15-11-. The van der Waals surface area contributed by atoms with Gasteiger partial charge in [-0.2, -0.15) is 5.10 Å². The van der Waals surface area contributed by atoms with Crippen molar-refractivity contribution in [2.45, 2.75) is 13.3 Å². The Hall–Kier alpha value is -2.86. The van der Waals surface area contributed by atoms with Gasteiger partial charge in [0, 0.05) is 42.5 Å². The van der Waals surface area contributed by atoms with Crippen molar-refractivity contribution in [1.82, 2.24) is 15.1 Å². The number of aromatic nitrogens is 2. The summed E-state index contributed by atoms with van der Waals surface area (Å²) in [6.45, 7) is 1.96. The monoisotopic (exact) mass is 352 g/mol. The molecule has 0 bridgehead atoms. The molecular weight excluding hydrogens is 332 g/mol. The van der Waals surface area contributed by atoms with Crippen LogP contribution in [0.15, 0.2) is 59.9 Å². The van der Waals surface area contributed by atoms with Gasteiger partial charge in [-0.1, -0.05) is 30.3 Å². The summed E-state index contributed by atoms with van der Waals surface area (Å²) < 4.78 is 1.80. The van der Waals surface area contributed by atoms with E-state index in [2.05, 4.69) is 10.4 Å². The molecule has 0 aliphatic carbocycles. The van der Waals surface area contributed by atoms with Crippen LogP contribution in [-0.4, -0.2) is 15.7 Å². The molecule has 0 saturated carbocycles. The first kappa shape index (κ1) is 17.0. The number of thiophene rings is 1. The van der Waals surface area contributed by atoms with Crippen molar-refractivity contribution in [1.29, 1.82) is 0 Å². The van der Waals surface area contributed by atoms with E-state index in [1.54, 1.807) is 10.9 Å². The molecule has 3 N–H and O–H groups in total. The van der Waals surface area contributed by atoms with Crippen molar-refractivity contribution < 1.29 is 4.79 Å². The molecule has 0 unspecified atom stereocenters. The molecule has 1 amide bonds. The van der Waals surface area contributed by atoms with Gasteiger partial charge in [-0.05, 0) is 24.1 Å². The minimum absolute atomic E-state index is 0.136. The molecule has 5 nitrogen and oxygen atoms in total. The van der Waals surface area contributed by atoms with Crippen LogP contribution in [0.1, 0.15) is 20.8 Å². The van der Waals surface area contributed by atoms with E-state index in [0.29, 0.717) is 17.0 Å². The Kier molecular flexibility index (Phi) is 5.00. The zero-order valence-corrected chi connectivity index (χ0v) is 15.0. The second kappa shape index (κ2) is 7.36. The number of nitrogens with zero attached hydrogens (tertiary/aromatic N) is 2. The second-order valence-electron chi connectivity index (χ2n) is 5.75. The number of rotatable bonds is 5. The van der Waals surface area contributed by atoms with E-state index >= 15 is 0 Å². The van der Waals surface area contributed by atoms with Gasteiger partial charge >= 0.3 is 0 Å². The third-order valence-corrected chi connectivity index (χ3v) is 5.14. The Morgan fingerprint density at radius 2 is 2.08 bits per heavy atom. The van der Waals surface area contributed by atoms with Crippen LogP contribution in [0.5, 0.6) is 0 Å². The highest BCUT2D eigenvalue weighted by atomic mass is 32.1. The molecule has 3 aromatic rings. The third kappa shape index (κ3) is 3.64. The molecule has 0 radical (unpaired) electrons. The van der Waals surface area contributed by atoms with Crippen LogP contribution in [0.25, 0.3) is 11.3 Å². The maximum atomic E-state index is 12.7. The molecule has 0 spiro atoms. The number of carbonyl (C=O) groups excluding carboxylic acids is 1. The molecular formula is C19H20N4OS. The lowest BCUT2D eigenvalue weighted by molar-refractivity contribution is 0.0968. The average molecular weight is 352 g/mol. The Morgan fingerprint density at radius 3 is 2.72 bits per heavy atom. The van der Waals surface area contributed by atoms with Gasteiger partial charge in [0.05, 0.1) is 10.6 Å². The van der Waals surface area contributed by atoms with Crippen molar-refractivity contribution in [2.75, 3.05) is 0 Å². The van der Waals surface area contributed by atoms with Gasteiger partial charge in [-0.15, -0.1) is 11.3 Å². The predicted octanol–water partition coefficient (Wildman–Crippen LogP) is 3.23. The molecule has 0 fully saturated rings. The van der Waals surface area contributed by atoms with Crippen molar-refractivity contribution >= 4 is 17.2 Å². The molecule has 25 heavy (non-hydrogen) atoms. The van der Waals surface area contributed by atoms with E-state index in [0.717, 1.165) is 22.4 Å². The van der Waals surface area contributed by atoms with Gasteiger partial charge in [0.1, 0.15) is 0 Å². The zero-order chi connectivity index (χ0) is 17.8. The van der Waals surface area contributed by atoms with Gasteiger partial charge in [0.2, 0.25) is 0 Å². The van der Waals surface area contributed by atoms with Crippen LogP contribution in [0.2, 0.25) is 0 Å². The summed E-state index contributed by atoms with van der Waals surface area (Å²) >= 11 is 1.43. The highest BCUT2D eigenvalue weighted by Crippen LogP contribution is 2.30. The van der Waals surface area contributed by atoms with Crippen LogP contribution in [0.4, 0.5) is 0 Å². The lowest BCUT2D eigenvalue weighted by Crippen LogP contribution is -2.24. The van der Waals surface area contributed by atoms with Crippen LogP contribution < -0.4 is 11.1 Å². The van der Waals surface area contributed by atoms with E-state index in [1.807, 2.05) is 55.7 Å². The first-order chi connectivity index (χ1) is 12.1. The number of nitrogens with two attached hydrogens (primary N) is 1. The minimum atomic E-state index is -0.136. The summed E-state index contributed by atoms with van der Waals surface area (Å²) in [6.07, 6.45) is 3.79. The van der Waals surface area contributed by atoms with E-state index in [4.69, 9.17) is 5.73 Å². The molecule has 2 aromatic heterocycles.